The van der Waals surface area contributed by atoms with Gasteiger partial charge in [-0.3, -0.25) is 19.2 Å². The monoisotopic (exact) mass is 600 g/mol. The maximum Gasteiger partial charge on any atom is 0.303 e. The van der Waals surface area contributed by atoms with Crippen molar-refractivity contribution in [1.82, 2.24) is 0 Å². The summed E-state index contributed by atoms with van der Waals surface area (Å²) in [7, 11) is 2.99. The second-order valence-electron chi connectivity index (χ2n) is 9.91. The third kappa shape index (κ3) is 8.09. The van der Waals surface area contributed by atoms with Crippen LogP contribution in [0.25, 0.3) is 0 Å². The standard InChI is InChI=1S/C28H37ClO12/c1-15(30)36-14-24-25(37-16(2)31)26(38-17(3)32)27(39-18(4)33)28(35-6,41-24)19-7-12-22(29)23(13-19)40-21-10-8-20(34-5)9-11-21/h7,12-13,20-21,24-27H,8-11,14H2,1-6H3/t20-,21-,24-,25-,26+,27-,28?/m1/s1. The lowest BCUT2D eigenvalue weighted by atomic mass is 9.87. The van der Waals surface area contributed by atoms with Crippen molar-refractivity contribution in [3.05, 3.63) is 28.8 Å². The summed E-state index contributed by atoms with van der Waals surface area (Å²) in [5.41, 5.74) is 0.294. The van der Waals surface area contributed by atoms with E-state index in [4.69, 9.17) is 49.5 Å². The van der Waals surface area contributed by atoms with Gasteiger partial charge in [0.2, 0.25) is 11.9 Å². The molecule has 0 N–H and O–H groups in total. The van der Waals surface area contributed by atoms with E-state index in [0.29, 0.717) is 16.3 Å². The molecule has 228 valence electrons. The molecule has 13 heteroatoms. The molecule has 3 rings (SSSR count). The van der Waals surface area contributed by atoms with Gasteiger partial charge in [-0.15, -0.1) is 0 Å². The molecule has 0 aromatic heterocycles. The number of methoxy groups -OCH3 is 2. The maximum absolute atomic E-state index is 12.3. The fourth-order valence-corrected chi connectivity index (χ4v) is 5.32. The van der Waals surface area contributed by atoms with E-state index in [1.165, 1.54) is 14.0 Å². The number of ether oxygens (including phenoxy) is 8. The minimum atomic E-state index is -1.94. The lowest BCUT2D eigenvalue weighted by Gasteiger charge is -2.50. The Bertz CT molecular complexity index is 1100. The van der Waals surface area contributed by atoms with Crippen LogP contribution in [0.4, 0.5) is 0 Å². The Morgan fingerprint density at radius 1 is 0.854 bits per heavy atom. The fourth-order valence-electron chi connectivity index (χ4n) is 5.16. The smallest absolute Gasteiger partial charge is 0.303 e. The molecule has 12 nitrogen and oxygen atoms in total. The molecule has 0 bridgehead atoms. The van der Waals surface area contributed by atoms with Gasteiger partial charge in [0, 0.05) is 47.5 Å². The number of halogens is 1. The van der Waals surface area contributed by atoms with Crippen LogP contribution in [0.3, 0.4) is 0 Å². The average molecular weight is 601 g/mol. The van der Waals surface area contributed by atoms with Gasteiger partial charge in [-0.05, 0) is 37.8 Å². The Morgan fingerprint density at radius 2 is 1.44 bits per heavy atom. The number of esters is 4. The third-order valence-electron chi connectivity index (χ3n) is 6.92. The van der Waals surface area contributed by atoms with Gasteiger partial charge in [0.25, 0.3) is 0 Å². The lowest BCUT2D eigenvalue weighted by Crippen LogP contribution is -2.67. The van der Waals surface area contributed by atoms with Crippen molar-refractivity contribution in [3.63, 3.8) is 0 Å². The number of hydrogen-bond donors (Lipinski definition) is 0. The van der Waals surface area contributed by atoms with Crippen LogP contribution in [0.15, 0.2) is 18.2 Å². The zero-order valence-corrected chi connectivity index (χ0v) is 24.8. The Balaban J connectivity index is 2.10. The Morgan fingerprint density at radius 3 is 1.98 bits per heavy atom. The first-order valence-electron chi connectivity index (χ1n) is 13.3. The fraction of sp³-hybridized carbons (Fsp3) is 0.643. The van der Waals surface area contributed by atoms with Gasteiger partial charge < -0.3 is 37.9 Å². The van der Waals surface area contributed by atoms with Gasteiger partial charge in [0.1, 0.15) is 18.5 Å². The molecular weight excluding hydrogens is 564 g/mol. The summed E-state index contributed by atoms with van der Waals surface area (Å²) in [6.45, 7) is 4.25. The number of benzene rings is 1. The number of rotatable bonds is 10. The molecule has 5 atom stereocenters. The van der Waals surface area contributed by atoms with Crippen LogP contribution in [0.5, 0.6) is 5.75 Å². The summed E-state index contributed by atoms with van der Waals surface area (Å²) in [6, 6.07) is 4.74. The maximum atomic E-state index is 12.3. The molecule has 1 unspecified atom stereocenters. The molecule has 41 heavy (non-hydrogen) atoms. The van der Waals surface area contributed by atoms with Crippen LogP contribution in [-0.4, -0.2) is 81.3 Å². The van der Waals surface area contributed by atoms with Crippen LogP contribution in [0, 0.1) is 0 Å². The highest BCUT2D eigenvalue weighted by Gasteiger charge is 2.61. The minimum absolute atomic E-state index is 0.122. The normalized spacial score (nSPS) is 29.6. The number of hydrogen-bond acceptors (Lipinski definition) is 12. The van der Waals surface area contributed by atoms with Crippen LogP contribution in [0.2, 0.25) is 5.02 Å². The van der Waals surface area contributed by atoms with Gasteiger partial charge in [0.05, 0.1) is 17.2 Å². The molecular formula is C28H37ClO12. The topological polar surface area (TPSA) is 142 Å². The Labute approximate surface area is 243 Å². The summed E-state index contributed by atoms with van der Waals surface area (Å²) >= 11 is 6.51. The summed E-state index contributed by atoms with van der Waals surface area (Å²) < 4.78 is 45.8. The molecule has 2 aliphatic rings. The van der Waals surface area contributed by atoms with E-state index in [2.05, 4.69) is 0 Å². The molecule has 1 saturated carbocycles. The molecule has 0 radical (unpaired) electrons. The van der Waals surface area contributed by atoms with Gasteiger partial charge >= 0.3 is 23.9 Å². The second-order valence-corrected chi connectivity index (χ2v) is 10.3. The molecule has 1 heterocycles. The van der Waals surface area contributed by atoms with Crippen molar-refractivity contribution < 1.29 is 57.1 Å². The largest absolute Gasteiger partial charge is 0.489 e. The zero-order valence-electron chi connectivity index (χ0n) is 24.0. The van der Waals surface area contributed by atoms with Crippen molar-refractivity contribution in [2.45, 2.75) is 95.8 Å². The van der Waals surface area contributed by atoms with Gasteiger partial charge in [0.15, 0.2) is 12.2 Å². The molecule has 0 spiro atoms. The van der Waals surface area contributed by atoms with Crippen LogP contribution < -0.4 is 4.74 Å². The van der Waals surface area contributed by atoms with Crippen LogP contribution in [0.1, 0.15) is 58.9 Å². The van der Waals surface area contributed by atoms with Crippen molar-refractivity contribution in [3.8, 4) is 5.75 Å². The van der Waals surface area contributed by atoms with E-state index in [1.54, 1.807) is 25.3 Å². The first-order chi connectivity index (χ1) is 19.4. The zero-order chi connectivity index (χ0) is 30.3. The Hall–Kier alpha value is -2.93. The summed E-state index contributed by atoms with van der Waals surface area (Å²) in [5, 5.41) is 0.319. The number of carbonyl (C=O) groups excluding carboxylic acids is 4. The van der Waals surface area contributed by atoms with Crippen molar-refractivity contribution in [2.75, 3.05) is 20.8 Å². The van der Waals surface area contributed by atoms with E-state index in [-0.39, 0.29) is 12.2 Å². The Kier molecular flexibility index (Phi) is 11.4. The van der Waals surface area contributed by atoms with Crippen molar-refractivity contribution in [2.24, 2.45) is 0 Å². The molecule has 1 saturated heterocycles. The molecule has 0 amide bonds. The highest BCUT2D eigenvalue weighted by Crippen LogP contribution is 2.45. The van der Waals surface area contributed by atoms with Crippen molar-refractivity contribution >= 4 is 35.5 Å². The van der Waals surface area contributed by atoms with E-state index in [1.807, 2.05) is 0 Å². The minimum Gasteiger partial charge on any atom is -0.489 e. The second kappa shape index (κ2) is 14.3. The quantitative estimate of drug-likeness (QED) is 0.287. The van der Waals surface area contributed by atoms with Gasteiger partial charge in [-0.25, -0.2) is 0 Å². The van der Waals surface area contributed by atoms with Crippen molar-refractivity contribution in [1.29, 1.82) is 0 Å². The highest BCUT2D eigenvalue weighted by molar-refractivity contribution is 6.32. The molecule has 1 aliphatic carbocycles. The molecule has 1 aromatic carbocycles. The van der Waals surface area contributed by atoms with E-state index < -0.39 is 60.7 Å². The van der Waals surface area contributed by atoms with Gasteiger partial charge in [-0.2, -0.15) is 0 Å². The SMILES string of the molecule is COC1(c2ccc(Cl)c(O[C@H]3CC[C@H](OC)CC3)c2)O[C@H](COC(C)=O)[C@@H](OC(C)=O)[C@H](OC(C)=O)[C@H]1OC(C)=O. The van der Waals surface area contributed by atoms with Gasteiger partial charge in [-0.1, -0.05) is 17.7 Å². The van der Waals surface area contributed by atoms with Crippen LogP contribution in [-0.2, 0) is 58.1 Å². The van der Waals surface area contributed by atoms with E-state index in [9.17, 15) is 19.2 Å². The predicted octanol–water partition coefficient (Wildman–Crippen LogP) is 3.23. The molecule has 2 fully saturated rings. The van der Waals surface area contributed by atoms with E-state index in [0.717, 1.165) is 46.5 Å². The molecule has 1 aromatic rings. The summed E-state index contributed by atoms with van der Waals surface area (Å²) in [5.74, 6) is -4.49. The predicted molar refractivity (Wildman–Crippen MR) is 142 cm³/mol. The number of carbonyl (C=O) groups is 4. The lowest BCUT2D eigenvalue weighted by molar-refractivity contribution is -0.367. The first kappa shape index (κ1) is 32.6. The van der Waals surface area contributed by atoms with Crippen LogP contribution >= 0.6 is 11.6 Å². The average Bonchev–Trinajstić information content (AvgIpc) is 2.91. The third-order valence-corrected chi connectivity index (χ3v) is 7.23. The summed E-state index contributed by atoms with van der Waals surface area (Å²) in [6.07, 6.45) is -2.21. The molecule has 1 aliphatic heterocycles. The highest BCUT2D eigenvalue weighted by atomic mass is 35.5. The summed E-state index contributed by atoms with van der Waals surface area (Å²) in [4.78, 5) is 48.3. The van der Waals surface area contributed by atoms with E-state index >= 15 is 0 Å². The first-order valence-corrected chi connectivity index (χ1v) is 13.6.